The van der Waals surface area contributed by atoms with Gasteiger partial charge in [-0.05, 0) is 12.5 Å². The van der Waals surface area contributed by atoms with Crippen molar-refractivity contribution in [3.63, 3.8) is 0 Å². The number of hydrogen-bond donors (Lipinski definition) is 0. The highest BCUT2D eigenvalue weighted by Crippen LogP contribution is 2.23. The minimum Gasteiger partial charge on any atom is -0.465 e. The van der Waals surface area contributed by atoms with Crippen LogP contribution in [0.5, 0.6) is 0 Å². The van der Waals surface area contributed by atoms with Crippen molar-refractivity contribution in [2.45, 2.75) is 26.2 Å². The summed E-state index contributed by atoms with van der Waals surface area (Å²) in [4.78, 5) is 40.9. The Labute approximate surface area is 123 Å². The fourth-order valence-corrected chi connectivity index (χ4v) is 2.31. The van der Waals surface area contributed by atoms with Crippen LogP contribution in [-0.4, -0.2) is 42.2 Å². The Morgan fingerprint density at radius 1 is 1.38 bits per heavy atom. The summed E-state index contributed by atoms with van der Waals surface area (Å²) < 4.78 is 4.62. The van der Waals surface area contributed by atoms with Crippen LogP contribution in [0.1, 0.15) is 26.2 Å². The molecule has 3 amide bonds. The number of ether oxygens (including phenoxy) is 1. The van der Waals surface area contributed by atoms with Crippen molar-refractivity contribution in [1.29, 1.82) is 0 Å². The smallest absolute Gasteiger partial charge is 0.350 e. The SMILES string of the molecule is CCCCCN1C(=O)N=C2C=C(C(=O)OC)C=CC2C1=O. The van der Waals surface area contributed by atoms with E-state index < -0.39 is 17.9 Å². The molecule has 1 aliphatic carbocycles. The molecule has 2 rings (SSSR count). The third kappa shape index (κ3) is 3.09. The van der Waals surface area contributed by atoms with Gasteiger partial charge in [-0.3, -0.25) is 9.69 Å². The molecule has 2 aliphatic rings. The molecule has 6 heteroatoms. The van der Waals surface area contributed by atoms with Gasteiger partial charge in [0, 0.05) is 6.54 Å². The van der Waals surface area contributed by atoms with Crippen LogP contribution in [0.4, 0.5) is 4.79 Å². The second kappa shape index (κ2) is 6.47. The molecule has 1 aliphatic heterocycles. The highest BCUT2D eigenvalue weighted by atomic mass is 16.5. The molecule has 0 aromatic rings. The van der Waals surface area contributed by atoms with E-state index in [2.05, 4.69) is 16.7 Å². The number of hydrogen-bond acceptors (Lipinski definition) is 4. The van der Waals surface area contributed by atoms with Crippen LogP contribution in [-0.2, 0) is 14.3 Å². The van der Waals surface area contributed by atoms with Crippen LogP contribution >= 0.6 is 0 Å². The molecule has 0 saturated heterocycles. The van der Waals surface area contributed by atoms with Gasteiger partial charge in [0.15, 0.2) is 0 Å². The molecule has 0 radical (unpaired) electrons. The van der Waals surface area contributed by atoms with E-state index in [1.165, 1.54) is 24.2 Å². The molecule has 0 spiro atoms. The number of unbranched alkanes of at least 4 members (excludes halogenated alkanes) is 2. The number of carbonyl (C=O) groups is 3. The zero-order valence-electron chi connectivity index (χ0n) is 12.2. The molecule has 112 valence electrons. The molecule has 1 unspecified atom stereocenters. The van der Waals surface area contributed by atoms with Gasteiger partial charge < -0.3 is 4.74 Å². The Bertz CT molecular complexity index is 560. The number of aliphatic imine (C=N–C) groups is 1. The van der Waals surface area contributed by atoms with Crippen LogP contribution in [0.25, 0.3) is 0 Å². The lowest BCUT2D eigenvalue weighted by atomic mass is 9.92. The number of esters is 1. The molecule has 0 fully saturated rings. The first-order valence-corrected chi connectivity index (χ1v) is 7.00. The Balaban J connectivity index is 2.19. The Morgan fingerprint density at radius 2 is 2.14 bits per heavy atom. The quantitative estimate of drug-likeness (QED) is 0.572. The Hall–Kier alpha value is -2.24. The average Bonchev–Trinajstić information content (AvgIpc) is 2.49. The van der Waals surface area contributed by atoms with Gasteiger partial charge in [0.2, 0.25) is 5.91 Å². The summed E-state index contributed by atoms with van der Waals surface area (Å²) >= 11 is 0. The lowest BCUT2D eigenvalue weighted by molar-refractivity contribution is -0.136. The van der Waals surface area contributed by atoms with Crippen molar-refractivity contribution in [1.82, 2.24) is 4.90 Å². The zero-order chi connectivity index (χ0) is 15.4. The van der Waals surface area contributed by atoms with Crippen molar-refractivity contribution in [2.24, 2.45) is 10.9 Å². The average molecular weight is 290 g/mol. The molecular weight excluding hydrogens is 272 g/mol. The van der Waals surface area contributed by atoms with E-state index in [9.17, 15) is 14.4 Å². The van der Waals surface area contributed by atoms with Gasteiger partial charge in [-0.2, -0.15) is 4.99 Å². The van der Waals surface area contributed by atoms with Gasteiger partial charge in [-0.15, -0.1) is 0 Å². The molecular formula is C15H18N2O4. The maximum absolute atomic E-state index is 12.3. The van der Waals surface area contributed by atoms with Gasteiger partial charge >= 0.3 is 12.0 Å². The second-order valence-electron chi connectivity index (χ2n) is 4.94. The summed E-state index contributed by atoms with van der Waals surface area (Å²) in [5, 5.41) is 0. The van der Waals surface area contributed by atoms with Crippen molar-refractivity contribution < 1.29 is 19.1 Å². The summed E-state index contributed by atoms with van der Waals surface area (Å²) in [7, 11) is 1.28. The van der Waals surface area contributed by atoms with E-state index >= 15 is 0 Å². The Morgan fingerprint density at radius 3 is 2.81 bits per heavy atom. The minimum atomic E-state index is -0.585. The molecule has 1 heterocycles. The topological polar surface area (TPSA) is 76.0 Å². The summed E-state index contributed by atoms with van der Waals surface area (Å²) in [6.45, 7) is 2.44. The summed E-state index contributed by atoms with van der Waals surface area (Å²) in [6.07, 6.45) is 7.31. The summed E-state index contributed by atoms with van der Waals surface area (Å²) in [5.41, 5.74) is 0.590. The summed E-state index contributed by atoms with van der Waals surface area (Å²) in [5.74, 6) is -1.38. The molecule has 0 N–H and O–H groups in total. The van der Waals surface area contributed by atoms with E-state index in [1.54, 1.807) is 6.08 Å². The van der Waals surface area contributed by atoms with Crippen molar-refractivity contribution in [2.75, 3.05) is 13.7 Å². The number of rotatable bonds is 5. The normalized spacial score (nSPS) is 20.9. The number of allylic oxidation sites excluding steroid dienone is 1. The number of amides is 3. The molecule has 0 aromatic heterocycles. The first kappa shape index (κ1) is 15.2. The number of nitrogens with zero attached hydrogens (tertiary/aromatic N) is 2. The minimum absolute atomic E-state index is 0.280. The van der Waals surface area contributed by atoms with Gasteiger partial charge in [0.05, 0.1) is 24.3 Å². The van der Waals surface area contributed by atoms with Crippen molar-refractivity contribution >= 4 is 23.6 Å². The lowest BCUT2D eigenvalue weighted by Crippen LogP contribution is -2.46. The second-order valence-corrected chi connectivity index (χ2v) is 4.94. The van der Waals surface area contributed by atoms with Crippen LogP contribution in [0.2, 0.25) is 0 Å². The predicted molar refractivity (Wildman–Crippen MR) is 76.8 cm³/mol. The van der Waals surface area contributed by atoms with Gasteiger partial charge in [0.1, 0.15) is 0 Å². The number of urea groups is 1. The van der Waals surface area contributed by atoms with E-state index in [4.69, 9.17) is 0 Å². The van der Waals surface area contributed by atoms with E-state index in [-0.39, 0.29) is 11.5 Å². The highest BCUT2D eigenvalue weighted by Gasteiger charge is 2.36. The zero-order valence-corrected chi connectivity index (χ0v) is 12.2. The first-order chi connectivity index (χ1) is 10.1. The van der Waals surface area contributed by atoms with Crippen LogP contribution in [0.3, 0.4) is 0 Å². The van der Waals surface area contributed by atoms with Crippen molar-refractivity contribution in [3.05, 3.63) is 23.8 Å². The maximum atomic E-state index is 12.3. The third-order valence-electron chi connectivity index (χ3n) is 3.48. The number of imide groups is 1. The fourth-order valence-electron chi connectivity index (χ4n) is 2.31. The van der Waals surface area contributed by atoms with Crippen LogP contribution in [0, 0.1) is 5.92 Å². The van der Waals surface area contributed by atoms with Gasteiger partial charge in [-0.1, -0.05) is 31.9 Å². The standard InChI is InChI=1S/C15H18N2O4/c1-3-4-5-8-17-13(18)11-7-6-10(14(19)21-2)9-12(11)16-15(17)20/h6-7,9,11H,3-5,8H2,1-2H3. The summed E-state index contributed by atoms with van der Waals surface area (Å²) in [6, 6.07) is -0.557. The predicted octanol–water partition coefficient (Wildman–Crippen LogP) is 1.87. The molecule has 0 aromatic carbocycles. The number of methoxy groups -OCH3 is 1. The van der Waals surface area contributed by atoms with Gasteiger partial charge in [-0.25, -0.2) is 9.59 Å². The number of carbonyl (C=O) groups excluding carboxylic acids is 3. The lowest BCUT2D eigenvalue weighted by Gasteiger charge is -2.28. The molecule has 1 atom stereocenters. The highest BCUT2D eigenvalue weighted by molar-refractivity contribution is 6.23. The van der Waals surface area contributed by atoms with E-state index in [0.717, 1.165) is 19.3 Å². The molecule has 6 nitrogen and oxygen atoms in total. The first-order valence-electron chi connectivity index (χ1n) is 7.00. The van der Waals surface area contributed by atoms with Gasteiger partial charge in [0.25, 0.3) is 0 Å². The molecule has 21 heavy (non-hydrogen) atoms. The monoisotopic (exact) mass is 290 g/mol. The number of fused-ring (bicyclic) bond motifs is 1. The van der Waals surface area contributed by atoms with Crippen LogP contribution in [0.15, 0.2) is 28.8 Å². The largest absolute Gasteiger partial charge is 0.465 e. The van der Waals surface area contributed by atoms with E-state index in [0.29, 0.717) is 12.3 Å². The van der Waals surface area contributed by atoms with Crippen LogP contribution < -0.4 is 0 Å². The third-order valence-corrected chi connectivity index (χ3v) is 3.48. The Kier molecular flexibility index (Phi) is 4.67. The molecule has 0 saturated carbocycles. The maximum Gasteiger partial charge on any atom is 0.350 e. The van der Waals surface area contributed by atoms with Crippen molar-refractivity contribution in [3.8, 4) is 0 Å². The molecule has 0 bridgehead atoms. The van der Waals surface area contributed by atoms with E-state index in [1.807, 2.05) is 0 Å². The fraction of sp³-hybridized carbons (Fsp3) is 0.467.